The van der Waals surface area contributed by atoms with Gasteiger partial charge in [-0.15, -0.1) is 0 Å². The number of nitrogens with zero attached hydrogens (tertiary/aromatic N) is 2. The van der Waals surface area contributed by atoms with E-state index in [0.717, 1.165) is 19.6 Å². The Labute approximate surface area is 111 Å². The van der Waals surface area contributed by atoms with Crippen LogP contribution in [-0.4, -0.2) is 56.6 Å². The van der Waals surface area contributed by atoms with Gasteiger partial charge in [-0.2, -0.15) is 0 Å². The van der Waals surface area contributed by atoms with Crippen molar-refractivity contribution in [2.24, 2.45) is 0 Å². The van der Waals surface area contributed by atoms with Crippen molar-refractivity contribution < 1.29 is 0 Å². The van der Waals surface area contributed by atoms with E-state index in [2.05, 4.69) is 53.5 Å². The molecule has 0 saturated carbocycles. The Morgan fingerprint density at radius 1 is 1.17 bits per heavy atom. The molecule has 1 N–H and O–H groups in total. The highest BCUT2D eigenvalue weighted by Crippen LogP contribution is 2.08. The molecule has 18 heavy (non-hydrogen) atoms. The number of benzene rings is 1. The smallest absolute Gasteiger partial charge is 0.0227 e. The zero-order chi connectivity index (χ0) is 12.8. The van der Waals surface area contributed by atoms with Gasteiger partial charge in [-0.1, -0.05) is 24.3 Å². The van der Waals surface area contributed by atoms with Crippen molar-refractivity contribution in [2.45, 2.75) is 13.0 Å². The van der Waals surface area contributed by atoms with Crippen LogP contribution in [0.4, 0.5) is 0 Å². The molecule has 0 aromatic heterocycles. The molecule has 3 nitrogen and oxygen atoms in total. The normalized spacial score (nSPS) is 17.3. The van der Waals surface area contributed by atoms with Gasteiger partial charge in [0.25, 0.3) is 0 Å². The van der Waals surface area contributed by atoms with Crippen LogP contribution in [-0.2, 0) is 13.0 Å². The molecule has 1 fully saturated rings. The minimum absolute atomic E-state index is 1.03. The molecule has 1 saturated heterocycles. The highest BCUT2D eigenvalue weighted by atomic mass is 15.2. The van der Waals surface area contributed by atoms with Gasteiger partial charge in [0.05, 0.1) is 0 Å². The van der Waals surface area contributed by atoms with Crippen molar-refractivity contribution in [3.05, 3.63) is 35.4 Å². The lowest BCUT2D eigenvalue weighted by atomic mass is 10.1. The van der Waals surface area contributed by atoms with Gasteiger partial charge in [0.2, 0.25) is 0 Å². The highest BCUT2D eigenvalue weighted by Gasteiger charge is 2.08. The standard InChI is InChI=1S/C15H25N3/c1-17(2)13-15-5-3-4-14(12-15)6-9-18-10-7-16-8-11-18/h3-5,12,16H,6-11,13H2,1-2H3. The topological polar surface area (TPSA) is 18.5 Å². The maximum Gasteiger partial charge on any atom is 0.0227 e. The average Bonchev–Trinajstić information content (AvgIpc) is 2.37. The van der Waals surface area contributed by atoms with Gasteiger partial charge in [0.1, 0.15) is 0 Å². The summed E-state index contributed by atoms with van der Waals surface area (Å²) in [6, 6.07) is 9.00. The molecule has 100 valence electrons. The van der Waals surface area contributed by atoms with Crippen LogP contribution in [0.3, 0.4) is 0 Å². The van der Waals surface area contributed by atoms with Crippen molar-refractivity contribution in [3.8, 4) is 0 Å². The van der Waals surface area contributed by atoms with Crippen molar-refractivity contribution in [1.82, 2.24) is 15.1 Å². The van der Waals surface area contributed by atoms with E-state index < -0.39 is 0 Å². The van der Waals surface area contributed by atoms with Crippen molar-refractivity contribution in [3.63, 3.8) is 0 Å². The maximum absolute atomic E-state index is 3.40. The van der Waals surface area contributed by atoms with Crippen LogP contribution in [0.25, 0.3) is 0 Å². The van der Waals surface area contributed by atoms with E-state index in [4.69, 9.17) is 0 Å². The second-order valence-electron chi connectivity index (χ2n) is 5.40. The fraction of sp³-hybridized carbons (Fsp3) is 0.600. The van der Waals surface area contributed by atoms with Gasteiger partial charge in [-0.3, -0.25) is 0 Å². The molecule has 0 amide bonds. The Bertz CT molecular complexity index is 357. The second kappa shape index (κ2) is 6.88. The summed E-state index contributed by atoms with van der Waals surface area (Å²) in [5.74, 6) is 0. The molecule has 0 aliphatic carbocycles. The first-order valence-electron chi connectivity index (χ1n) is 6.89. The van der Waals surface area contributed by atoms with Gasteiger partial charge in [-0.25, -0.2) is 0 Å². The fourth-order valence-electron chi connectivity index (χ4n) is 2.47. The third kappa shape index (κ3) is 4.41. The number of nitrogens with one attached hydrogen (secondary N) is 1. The molecule has 1 heterocycles. The predicted octanol–water partition coefficient (Wildman–Crippen LogP) is 1.20. The van der Waals surface area contributed by atoms with E-state index >= 15 is 0 Å². The first kappa shape index (κ1) is 13.5. The van der Waals surface area contributed by atoms with Gasteiger partial charge in [0.15, 0.2) is 0 Å². The van der Waals surface area contributed by atoms with E-state index in [0.29, 0.717) is 0 Å². The summed E-state index contributed by atoms with van der Waals surface area (Å²) in [6.07, 6.45) is 1.17. The number of hydrogen-bond acceptors (Lipinski definition) is 3. The van der Waals surface area contributed by atoms with Gasteiger partial charge in [-0.05, 0) is 31.6 Å². The van der Waals surface area contributed by atoms with E-state index in [1.165, 1.54) is 37.2 Å². The van der Waals surface area contributed by atoms with Crippen LogP contribution in [0, 0.1) is 0 Å². The molecule has 1 aromatic carbocycles. The Balaban J connectivity index is 1.84. The molecule has 0 radical (unpaired) electrons. The summed E-state index contributed by atoms with van der Waals surface area (Å²) in [6.45, 7) is 6.88. The zero-order valence-corrected chi connectivity index (χ0v) is 11.7. The lowest BCUT2D eigenvalue weighted by Gasteiger charge is -2.27. The third-order valence-electron chi connectivity index (χ3n) is 3.42. The predicted molar refractivity (Wildman–Crippen MR) is 76.8 cm³/mol. The Hall–Kier alpha value is -0.900. The lowest BCUT2D eigenvalue weighted by Crippen LogP contribution is -2.44. The van der Waals surface area contributed by atoms with Crippen LogP contribution < -0.4 is 5.32 Å². The number of piperazine rings is 1. The molecule has 0 spiro atoms. The fourth-order valence-corrected chi connectivity index (χ4v) is 2.47. The van der Waals surface area contributed by atoms with E-state index in [1.807, 2.05) is 0 Å². The van der Waals surface area contributed by atoms with Crippen LogP contribution in [0.15, 0.2) is 24.3 Å². The summed E-state index contributed by atoms with van der Waals surface area (Å²) in [5.41, 5.74) is 2.88. The molecule has 1 aromatic rings. The summed E-state index contributed by atoms with van der Waals surface area (Å²) in [5, 5.41) is 3.40. The summed E-state index contributed by atoms with van der Waals surface area (Å²) in [4.78, 5) is 4.77. The molecule has 1 aliphatic rings. The Morgan fingerprint density at radius 2 is 1.89 bits per heavy atom. The minimum Gasteiger partial charge on any atom is -0.314 e. The maximum atomic E-state index is 3.40. The lowest BCUT2D eigenvalue weighted by molar-refractivity contribution is 0.244. The van der Waals surface area contributed by atoms with Crippen LogP contribution >= 0.6 is 0 Å². The Kier molecular flexibility index (Phi) is 5.17. The highest BCUT2D eigenvalue weighted by molar-refractivity contribution is 5.23. The molecule has 3 heteroatoms. The van der Waals surface area contributed by atoms with E-state index in [-0.39, 0.29) is 0 Å². The molecule has 0 atom stereocenters. The minimum atomic E-state index is 1.03. The average molecular weight is 247 g/mol. The zero-order valence-electron chi connectivity index (χ0n) is 11.7. The molecule has 0 unspecified atom stereocenters. The molecule has 0 bridgehead atoms. The van der Waals surface area contributed by atoms with Crippen molar-refractivity contribution >= 4 is 0 Å². The monoisotopic (exact) mass is 247 g/mol. The van der Waals surface area contributed by atoms with Gasteiger partial charge in [0, 0.05) is 39.3 Å². The van der Waals surface area contributed by atoms with Crippen LogP contribution in [0.1, 0.15) is 11.1 Å². The molecule has 2 rings (SSSR count). The largest absolute Gasteiger partial charge is 0.314 e. The SMILES string of the molecule is CN(C)Cc1cccc(CCN2CCNCC2)c1. The van der Waals surface area contributed by atoms with E-state index in [9.17, 15) is 0 Å². The molecular weight excluding hydrogens is 222 g/mol. The first-order chi connectivity index (χ1) is 8.74. The second-order valence-corrected chi connectivity index (χ2v) is 5.40. The van der Waals surface area contributed by atoms with Crippen LogP contribution in [0.2, 0.25) is 0 Å². The third-order valence-corrected chi connectivity index (χ3v) is 3.42. The van der Waals surface area contributed by atoms with Crippen molar-refractivity contribution in [2.75, 3.05) is 46.8 Å². The molecule has 1 aliphatic heterocycles. The summed E-state index contributed by atoms with van der Waals surface area (Å²) < 4.78 is 0. The summed E-state index contributed by atoms with van der Waals surface area (Å²) in [7, 11) is 4.24. The van der Waals surface area contributed by atoms with Crippen molar-refractivity contribution in [1.29, 1.82) is 0 Å². The first-order valence-corrected chi connectivity index (χ1v) is 6.89. The van der Waals surface area contributed by atoms with Crippen LogP contribution in [0.5, 0.6) is 0 Å². The number of hydrogen-bond donors (Lipinski definition) is 1. The quantitative estimate of drug-likeness (QED) is 0.843. The molecular formula is C15H25N3. The van der Waals surface area contributed by atoms with E-state index in [1.54, 1.807) is 0 Å². The summed E-state index contributed by atoms with van der Waals surface area (Å²) >= 11 is 0. The van der Waals surface area contributed by atoms with Gasteiger partial charge >= 0.3 is 0 Å². The Morgan fingerprint density at radius 3 is 2.61 bits per heavy atom. The van der Waals surface area contributed by atoms with Gasteiger partial charge < -0.3 is 15.1 Å². The number of rotatable bonds is 5.